The Bertz CT molecular complexity index is 883. The van der Waals surface area contributed by atoms with Crippen molar-refractivity contribution in [2.24, 2.45) is 5.92 Å². The molecule has 0 saturated heterocycles. The van der Waals surface area contributed by atoms with Crippen molar-refractivity contribution < 1.29 is 24.2 Å². The Morgan fingerprint density at radius 1 is 1.11 bits per heavy atom. The number of aromatic hydroxyl groups is 1. The summed E-state index contributed by atoms with van der Waals surface area (Å²) in [6.07, 6.45) is 0. The number of carbonyl (C=O) groups is 3. The molecule has 0 spiro atoms. The third-order valence-electron chi connectivity index (χ3n) is 3.63. The van der Waals surface area contributed by atoms with Crippen molar-refractivity contribution in [1.82, 2.24) is 5.32 Å². The predicted octanol–water partition coefficient (Wildman–Crippen LogP) is 3.23. The van der Waals surface area contributed by atoms with Gasteiger partial charge in [-0.05, 0) is 36.2 Å². The number of ether oxygens (including phenoxy) is 1. The summed E-state index contributed by atoms with van der Waals surface area (Å²) in [7, 11) is 0. The van der Waals surface area contributed by atoms with Crippen molar-refractivity contribution in [1.29, 1.82) is 0 Å². The van der Waals surface area contributed by atoms with Gasteiger partial charge in [0.25, 0.3) is 11.8 Å². The Labute approximate surface area is 167 Å². The maximum atomic E-state index is 12.3. The molecule has 7 nitrogen and oxygen atoms in total. The second-order valence-corrected chi connectivity index (χ2v) is 6.87. The highest BCUT2D eigenvalue weighted by Crippen LogP contribution is 2.22. The minimum Gasteiger partial charge on any atom is -0.507 e. The van der Waals surface area contributed by atoms with E-state index in [1.165, 1.54) is 18.2 Å². The van der Waals surface area contributed by atoms with Gasteiger partial charge in [-0.25, -0.2) is 4.79 Å². The first-order valence-electron chi connectivity index (χ1n) is 8.60. The van der Waals surface area contributed by atoms with Crippen LogP contribution < -0.4 is 10.6 Å². The summed E-state index contributed by atoms with van der Waals surface area (Å²) in [5, 5.41) is 15.3. The molecule has 0 heterocycles. The number of phenolic OH excluding ortho intramolecular Hbond substituents is 1. The van der Waals surface area contributed by atoms with Crippen LogP contribution in [-0.2, 0) is 9.53 Å². The molecule has 0 radical (unpaired) electrons. The number of para-hydroxylation sites is 1. The number of benzene rings is 2. The van der Waals surface area contributed by atoms with Crippen LogP contribution >= 0.6 is 11.6 Å². The molecule has 0 aliphatic rings. The van der Waals surface area contributed by atoms with Gasteiger partial charge >= 0.3 is 5.97 Å². The van der Waals surface area contributed by atoms with Crippen LogP contribution in [-0.4, -0.2) is 36.0 Å². The molecule has 3 N–H and O–H groups in total. The number of esters is 1. The maximum absolute atomic E-state index is 12.3. The molecule has 0 bridgehead atoms. The van der Waals surface area contributed by atoms with Crippen LogP contribution in [0.3, 0.4) is 0 Å². The zero-order valence-corrected chi connectivity index (χ0v) is 16.2. The average Bonchev–Trinajstić information content (AvgIpc) is 2.64. The first-order chi connectivity index (χ1) is 13.3. The van der Waals surface area contributed by atoms with Crippen LogP contribution in [0.5, 0.6) is 5.75 Å². The van der Waals surface area contributed by atoms with E-state index in [0.29, 0.717) is 17.8 Å². The van der Waals surface area contributed by atoms with Gasteiger partial charge in [0.05, 0.1) is 11.3 Å². The van der Waals surface area contributed by atoms with Crippen molar-refractivity contribution in [3.63, 3.8) is 0 Å². The number of halogens is 1. The van der Waals surface area contributed by atoms with Crippen LogP contribution in [0.4, 0.5) is 5.69 Å². The number of hydrogen-bond donors (Lipinski definition) is 3. The molecule has 8 heteroatoms. The smallest absolute Gasteiger partial charge is 0.342 e. The van der Waals surface area contributed by atoms with Gasteiger partial charge in [0.15, 0.2) is 6.61 Å². The van der Waals surface area contributed by atoms with Gasteiger partial charge in [0, 0.05) is 11.6 Å². The molecule has 0 fully saturated rings. The van der Waals surface area contributed by atoms with E-state index in [1.54, 1.807) is 24.3 Å². The van der Waals surface area contributed by atoms with Gasteiger partial charge < -0.3 is 20.5 Å². The largest absolute Gasteiger partial charge is 0.507 e. The molecule has 0 atom stereocenters. The lowest BCUT2D eigenvalue weighted by atomic mass is 10.1. The minimum atomic E-state index is -0.868. The Morgan fingerprint density at radius 3 is 2.50 bits per heavy atom. The van der Waals surface area contributed by atoms with Crippen LogP contribution in [0.15, 0.2) is 42.5 Å². The maximum Gasteiger partial charge on any atom is 0.342 e. The lowest BCUT2D eigenvalue weighted by Crippen LogP contribution is -2.29. The standard InChI is InChI=1S/C20H21ClN2O5/c1-12(2)10-22-19(26)14-5-3-4-6-16(14)23-18(25)11-28-20(27)15-8-7-13(21)9-17(15)24/h3-9,12,24H,10-11H2,1-2H3,(H,22,26)(H,23,25). The number of rotatable bonds is 7. The monoisotopic (exact) mass is 404 g/mol. The molecule has 0 aliphatic heterocycles. The zero-order valence-electron chi connectivity index (χ0n) is 15.5. The van der Waals surface area contributed by atoms with Gasteiger partial charge in [-0.3, -0.25) is 9.59 Å². The molecule has 28 heavy (non-hydrogen) atoms. The van der Waals surface area contributed by atoms with Crippen molar-refractivity contribution in [3.05, 3.63) is 58.6 Å². The summed E-state index contributed by atoms with van der Waals surface area (Å²) in [6.45, 7) is 3.87. The second-order valence-electron chi connectivity index (χ2n) is 6.44. The van der Waals surface area contributed by atoms with E-state index in [0.717, 1.165) is 0 Å². The van der Waals surface area contributed by atoms with E-state index >= 15 is 0 Å². The number of amides is 2. The topological polar surface area (TPSA) is 105 Å². The third kappa shape index (κ3) is 5.99. The predicted molar refractivity (Wildman–Crippen MR) is 106 cm³/mol. The van der Waals surface area contributed by atoms with E-state index in [-0.39, 0.29) is 28.2 Å². The van der Waals surface area contributed by atoms with E-state index in [4.69, 9.17) is 16.3 Å². The highest BCUT2D eigenvalue weighted by molar-refractivity contribution is 6.30. The fourth-order valence-corrected chi connectivity index (χ4v) is 2.42. The normalized spacial score (nSPS) is 10.4. The van der Waals surface area contributed by atoms with Crippen LogP contribution in [0.1, 0.15) is 34.6 Å². The quantitative estimate of drug-likeness (QED) is 0.614. The SMILES string of the molecule is CC(C)CNC(=O)c1ccccc1NC(=O)COC(=O)c1ccc(Cl)cc1O. The van der Waals surface area contributed by atoms with E-state index in [1.807, 2.05) is 13.8 Å². The molecular formula is C20H21ClN2O5. The Morgan fingerprint density at radius 2 is 1.82 bits per heavy atom. The lowest BCUT2D eigenvalue weighted by Gasteiger charge is -2.13. The summed E-state index contributed by atoms with van der Waals surface area (Å²) < 4.78 is 4.91. The molecule has 0 aromatic heterocycles. The molecule has 2 amide bonds. The Hall–Kier alpha value is -3.06. The van der Waals surface area contributed by atoms with E-state index in [9.17, 15) is 19.5 Å². The van der Waals surface area contributed by atoms with Crippen molar-refractivity contribution in [2.75, 3.05) is 18.5 Å². The second kappa shape index (κ2) is 9.75. The molecule has 2 aromatic rings. The highest BCUT2D eigenvalue weighted by atomic mass is 35.5. The number of carbonyl (C=O) groups excluding carboxylic acids is 3. The molecule has 148 valence electrons. The lowest BCUT2D eigenvalue weighted by molar-refractivity contribution is -0.119. The zero-order chi connectivity index (χ0) is 20.7. The molecule has 0 aliphatic carbocycles. The van der Waals surface area contributed by atoms with Gasteiger partial charge in [-0.15, -0.1) is 0 Å². The van der Waals surface area contributed by atoms with E-state index in [2.05, 4.69) is 10.6 Å². The molecule has 0 saturated carbocycles. The first-order valence-corrected chi connectivity index (χ1v) is 8.98. The van der Waals surface area contributed by atoms with Crippen molar-refractivity contribution in [3.8, 4) is 5.75 Å². The average molecular weight is 405 g/mol. The van der Waals surface area contributed by atoms with E-state index < -0.39 is 18.5 Å². The van der Waals surface area contributed by atoms with Crippen molar-refractivity contribution in [2.45, 2.75) is 13.8 Å². The van der Waals surface area contributed by atoms with Crippen molar-refractivity contribution >= 4 is 35.1 Å². The Balaban J connectivity index is 1.98. The minimum absolute atomic E-state index is 0.106. The molecular weight excluding hydrogens is 384 g/mol. The number of phenols is 1. The Kier molecular flexibility index (Phi) is 7.40. The summed E-state index contributed by atoms with van der Waals surface area (Å²) in [5.74, 6) is -1.86. The molecule has 0 unspecified atom stereocenters. The molecule has 2 rings (SSSR count). The summed E-state index contributed by atoms with van der Waals surface area (Å²) >= 11 is 5.71. The van der Waals surface area contributed by atoms with Gasteiger partial charge in [-0.1, -0.05) is 37.6 Å². The summed E-state index contributed by atoms with van der Waals surface area (Å²) in [6, 6.07) is 10.4. The van der Waals surface area contributed by atoms with Crippen LogP contribution in [0.2, 0.25) is 5.02 Å². The first kappa shape index (κ1) is 21.2. The number of anilines is 1. The molecule has 2 aromatic carbocycles. The third-order valence-corrected chi connectivity index (χ3v) is 3.87. The number of nitrogens with one attached hydrogen (secondary N) is 2. The number of hydrogen-bond acceptors (Lipinski definition) is 5. The fourth-order valence-electron chi connectivity index (χ4n) is 2.25. The summed E-state index contributed by atoms with van der Waals surface area (Å²) in [4.78, 5) is 36.4. The summed E-state index contributed by atoms with van der Waals surface area (Å²) in [5.41, 5.74) is 0.503. The van der Waals surface area contributed by atoms with Crippen LogP contribution in [0, 0.1) is 5.92 Å². The fraction of sp³-hybridized carbons (Fsp3) is 0.250. The highest BCUT2D eigenvalue weighted by Gasteiger charge is 2.17. The van der Waals surface area contributed by atoms with Crippen LogP contribution in [0.25, 0.3) is 0 Å². The van der Waals surface area contributed by atoms with Gasteiger partial charge in [0.1, 0.15) is 11.3 Å². The van der Waals surface area contributed by atoms with Gasteiger partial charge in [0.2, 0.25) is 0 Å². The van der Waals surface area contributed by atoms with Gasteiger partial charge in [-0.2, -0.15) is 0 Å².